The molecule has 1 aromatic heterocycles. The van der Waals surface area contributed by atoms with E-state index in [1.165, 1.54) is 12.3 Å². The van der Waals surface area contributed by atoms with Gasteiger partial charge in [0.05, 0.1) is 9.95 Å². The van der Waals surface area contributed by atoms with Crippen molar-refractivity contribution < 1.29 is 4.92 Å². The summed E-state index contributed by atoms with van der Waals surface area (Å²) in [6, 6.07) is 1.74. The molecule has 14 heavy (non-hydrogen) atoms. The van der Waals surface area contributed by atoms with Crippen molar-refractivity contribution >= 4 is 23.1 Å². The smallest absolute Gasteiger partial charge is 0.289 e. The third-order valence-electron chi connectivity index (χ3n) is 1.96. The van der Waals surface area contributed by atoms with Crippen LogP contribution in [0.1, 0.15) is 12.8 Å². The van der Waals surface area contributed by atoms with Gasteiger partial charge in [-0.15, -0.1) is 0 Å². The van der Waals surface area contributed by atoms with Gasteiger partial charge in [0.25, 0.3) is 5.69 Å². The maximum Gasteiger partial charge on any atom is 0.289 e. The number of nitrogens with one attached hydrogen (secondary N) is 1. The summed E-state index contributed by atoms with van der Waals surface area (Å²) in [5.74, 6) is 0.528. The summed E-state index contributed by atoms with van der Waals surface area (Å²) in [6.07, 6.45) is 3.42. The van der Waals surface area contributed by atoms with Crippen LogP contribution in [0.25, 0.3) is 0 Å². The lowest BCUT2D eigenvalue weighted by Crippen LogP contribution is -2.03. The average molecular weight is 214 g/mol. The van der Waals surface area contributed by atoms with Gasteiger partial charge in [-0.3, -0.25) is 10.1 Å². The first-order valence-electron chi connectivity index (χ1n) is 4.23. The van der Waals surface area contributed by atoms with Crippen LogP contribution in [0, 0.1) is 10.1 Å². The van der Waals surface area contributed by atoms with Crippen molar-refractivity contribution in [3.63, 3.8) is 0 Å². The maximum atomic E-state index is 10.4. The molecule has 74 valence electrons. The Morgan fingerprint density at radius 3 is 2.86 bits per heavy atom. The minimum absolute atomic E-state index is 0.0867. The Bertz CT molecular complexity index is 379. The van der Waals surface area contributed by atoms with E-state index in [-0.39, 0.29) is 5.69 Å². The van der Waals surface area contributed by atoms with E-state index in [9.17, 15) is 10.1 Å². The SMILES string of the molecule is O=[N+]([O-])c1cnc(NC2CC2)c(Cl)c1. The third kappa shape index (κ3) is 1.93. The normalized spacial score (nSPS) is 15.2. The molecule has 0 unspecified atom stereocenters. The molecule has 0 spiro atoms. The van der Waals surface area contributed by atoms with E-state index < -0.39 is 4.92 Å². The first-order chi connectivity index (χ1) is 6.66. The topological polar surface area (TPSA) is 68.1 Å². The van der Waals surface area contributed by atoms with E-state index in [4.69, 9.17) is 11.6 Å². The molecule has 1 fully saturated rings. The molecule has 1 aliphatic carbocycles. The Morgan fingerprint density at radius 2 is 2.36 bits per heavy atom. The van der Waals surface area contributed by atoms with E-state index in [1.54, 1.807) is 0 Å². The molecule has 0 atom stereocenters. The number of pyridine rings is 1. The molecular formula is C8H8ClN3O2. The summed E-state index contributed by atoms with van der Waals surface area (Å²) in [6.45, 7) is 0. The zero-order valence-corrected chi connectivity index (χ0v) is 7.99. The van der Waals surface area contributed by atoms with Crippen molar-refractivity contribution in [3.8, 4) is 0 Å². The molecule has 2 rings (SSSR count). The highest BCUT2D eigenvalue weighted by Crippen LogP contribution is 2.29. The summed E-state index contributed by atoms with van der Waals surface area (Å²) < 4.78 is 0. The first kappa shape index (κ1) is 9.21. The van der Waals surface area contributed by atoms with Crippen LogP contribution >= 0.6 is 11.6 Å². The van der Waals surface area contributed by atoms with Gasteiger partial charge in [0.1, 0.15) is 12.0 Å². The monoisotopic (exact) mass is 213 g/mol. The minimum atomic E-state index is -0.514. The van der Waals surface area contributed by atoms with Crippen LogP contribution in [-0.4, -0.2) is 15.9 Å². The second-order valence-electron chi connectivity index (χ2n) is 3.20. The standard InChI is InChI=1S/C8H8ClN3O2/c9-7-3-6(12(13)14)4-10-8(7)11-5-1-2-5/h3-5H,1-2H2,(H,10,11). The van der Waals surface area contributed by atoms with Crippen molar-refractivity contribution in [1.82, 2.24) is 4.98 Å². The van der Waals surface area contributed by atoms with Gasteiger partial charge >= 0.3 is 0 Å². The molecule has 1 aliphatic rings. The number of rotatable bonds is 3. The number of aromatic nitrogens is 1. The van der Waals surface area contributed by atoms with Crippen LogP contribution in [0.15, 0.2) is 12.3 Å². The first-order valence-corrected chi connectivity index (χ1v) is 4.61. The van der Waals surface area contributed by atoms with Crippen LogP contribution in [0.4, 0.5) is 11.5 Å². The average Bonchev–Trinajstić information content (AvgIpc) is 2.92. The van der Waals surface area contributed by atoms with Crippen LogP contribution in [-0.2, 0) is 0 Å². The zero-order valence-electron chi connectivity index (χ0n) is 7.24. The molecule has 0 aromatic carbocycles. The van der Waals surface area contributed by atoms with Crippen LogP contribution < -0.4 is 5.32 Å². The fourth-order valence-corrected chi connectivity index (χ4v) is 1.27. The van der Waals surface area contributed by atoms with Gasteiger partial charge in [0.2, 0.25) is 0 Å². The number of nitrogens with zero attached hydrogens (tertiary/aromatic N) is 2. The number of halogens is 1. The Labute approximate surface area is 85.2 Å². The summed E-state index contributed by atoms with van der Waals surface area (Å²) in [4.78, 5) is 13.8. The molecule has 0 saturated heterocycles. The molecule has 1 aromatic rings. The van der Waals surface area contributed by atoms with E-state index in [2.05, 4.69) is 10.3 Å². The molecule has 5 nitrogen and oxygen atoms in total. The second kappa shape index (κ2) is 3.42. The highest BCUT2D eigenvalue weighted by molar-refractivity contribution is 6.33. The predicted octanol–water partition coefficient (Wildman–Crippen LogP) is 2.22. The van der Waals surface area contributed by atoms with Gasteiger partial charge in [-0.2, -0.15) is 0 Å². The minimum Gasteiger partial charge on any atom is -0.366 e. The number of nitro groups is 1. The summed E-state index contributed by atoms with van der Waals surface area (Å²) in [7, 11) is 0. The van der Waals surface area contributed by atoms with Gasteiger partial charge in [0.15, 0.2) is 0 Å². The van der Waals surface area contributed by atoms with Gasteiger partial charge in [-0.25, -0.2) is 4.98 Å². The largest absolute Gasteiger partial charge is 0.366 e. The molecule has 6 heteroatoms. The summed E-state index contributed by atoms with van der Waals surface area (Å²) >= 11 is 5.82. The van der Waals surface area contributed by atoms with E-state index in [0.29, 0.717) is 16.9 Å². The van der Waals surface area contributed by atoms with Gasteiger partial charge in [-0.1, -0.05) is 11.6 Å². The lowest BCUT2D eigenvalue weighted by molar-refractivity contribution is -0.385. The Morgan fingerprint density at radius 1 is 1.64 bits per heavy atom. The molecule has 0 aliphatic heterocycles. The lowest BCUT2D eigenvalue weighted by atomic mass is 10.4. The fourth-order valence-electron chi connectivity index (χ4n) is 1.05. The predicted molar refractivity (Wildman–Crippen MR) is 52.5 cm³/mol. The summed E-state index contributed by atoms with van der Waals surface area (Å²) in [5.41, 5.74) is -0.0867. The Balaban J connectivity index is 2.21. The van der Waals surface area contributed by atoms with Crippen molar-refractivity contribution in [3.05, 3.63) is 27.4 Å². The van der Waals surface area contributed by atoms with Crippen LogP contribution in [0.5, 0.6) is 0 Å². The molecule has 1 N–H and O–H groups in total. The molecule has 0 bridgehead atoms. The lowest BCUT2D eigenvalue weighted by Gasteiger charge is -2.04. The van der Waals surface area contributed by atoms with E-state index >= 15 is 0 Å². The number of hydrogen-bond donors (Lipinski definition) is 1. The van der Waals surface area contributed by atoms with Gasteiger partial charge in [0, 0.05) is 12.1 Å². The van der Waals surface area contributed by atoms with Crippen LogP contribution in [0.2, 0.25) is 5.02 Å². The van der Waals surface area contributed by atoms with E-state index in [1.807, 2.05) is 0 Å². The molecule has 1 heterocycles. The maximum absolute atomic E-state index is 10.4. The number of anilines is 1. The number of hydrogen-bond acceptors (Lipinski definition) is 4. The van der Waals surface area contributed by atoms with Crippen molar-refractivity contribution in [2.45, 2.75) is 18.9 Å². The van der Waals surface area contributed by atoms with Crippen molar-refractivity contribution in [2.24, 2.45) is 0 Å². The van der Waals surface area contributed by atoms with Crippen molar-refractivity contribution in [2.75, 3.05) is 5.32 Å². The second-order valence-corrected chi connectivity index (χ2v) is 3.61. The molecule has 1 saturated carbocycles. The Hall–Kier alpha value is -1.36. The quantitative estimate of drug-likeness (QED) is 0.618. The van der Waals surface area contributed by atoms with Gasteiger partial charge < -0.3 is 5.32 Å². The van der Waals surface area contributed by atoms with Crippen LogP contribution in [0.3, 0.4) is 0 Å². The molecule has 0 amide bonds. The third-order valence-corrected chi connectivity index (χ3v) is 2.24. The molecular weight excluding hydrogens is 206 g/mol. The summed E-state index contributed by atoms with van der Waals surface area (Å²) in [5, 5.41) is 13.8. The van der Waals surface area contributed by atoms with E-state index in [0.717, 1.165) is 12.8 Å². The van der Waals surface area contributed by atoms with Gasteiger partial charge in [-0.05, 0) is 12.8 Å². The highest BCUT2D eigenvalue weighted by Gasteiger charge is 2.23. The Kier molecular flexibility index (Phi) is 2.25. The zero-order chi connectivity index (χ0) is 10.1. The van der Waals surface area contributed by atoms with Crippen molar-refractivity contribution in [1.29, 1.82) is 0 Å². The molecule has 0 radical (unpaired) electrons. The highest BCUT2D eigenvalue weighted by atomic mass is 35.5. The fraction of sp³-hybridized carbons (Fsp3) is 0.375.